The van der Waals surface area contributed by atoms with E-state index in [1.807, 2.05) is 15.6 Å². The minimum absolute atomic E-state index is 0.0764. The molecule has 5 fully saturated rings. The second-order valence-electron chi connectivity index (χ2n) is 12.0. The molecule has 0 N–H and O–H groups in total. The van der Waals surface area contributed by atoms with Crippen LogP contribution < -0.4 is 0 Å². The van der Waals surface area contributed by atoms with Crippen LogP contribution >= 0.6 is 24.0 Å². The number of rotatable bonds is 10. The first-order valence-corrected chi connectivity index (χ1v) is 15.7. The van der Waals surface area contributed by atoms with E-state index in [1.54, 1.807) is 0 Å². The zero-order valence-electron chi connectivity index (χ0n) is 22.0. The predicted molar refractivity (Wildman–Crippen MR) is 157 cm³/mol. The Balaban J connectivity index is 1.27. The Morgan fingerprint density at radius 2 is 1.65 bits per heavy atom. The molecule has 4 aliphatic carbocycles. The summed E-state index contributed by atoms with van der Waals surface area (Å²) >= 11 is 7.14. The minimum Gasteiger partial charge on any atom is -0.293 e. The van der Waals surface area contributed by atoms with Crippen LogP contribution in [0.2, 0.25) is 0 Å². The molecule has 37 heavy (non-hydrogen) atoms. The zero-order valence-corrected chi connectivity index (χ0v) is 23.7. The quantitative estimate of drug-likeness (QED) is 0.177. The van der Waals surface area contributed by atoms with Gasteiger partial charge in [0.05, 0.1) is 16.3 Å². The fourth-order valence-corrected chi connectivity index (χ4v) is 9.20. The second-order valence-corrected chi connectivity index (χ2v) is 13.7. The fraction of sp³-hybridized carbons (Fsp3) is 0.581. The van der Waals surface area contributed by atoms with Crippen molar-refractivity contribution in [3.05, 3.63) is 52.7 Å². The van der Waals surface area contributed by atoms with E-state index in [1.165, 1.54) is 81.7 Å². The summed E-state index contributed by atoms with van der Waals surface area (Å²) in [7, 11) is 0. The van der Waals surface area contributed by atoms with Gasteiger partial charge in [-0.05, 0) is 80.9 Å². The number of thioether (sulfide) groups is 1. The largest absolute Gasteiger partial charge is 0.293 e. The van der Waals surface area contributed by atoms with Gasteiger partial charge in [-0.1, -0.05) is 81.2 Å². The highest BCUT2D eigenvalue weighted by atomic mass is 32.2. The van der Waals surface area contributed by atoms with Crippen molar-refractivity contribution in [3.8, 4) is 5.69 Å². The van der Waals surface area contributed by atoms with Crippen LogP contribution in [0.25, 0.3) is 11.8 Å². The lowest BCUT2D eigenvalue weighted by Crippen LogP contribution is -2.49. The maximum atomic E-state index is 13.4. The number of aromatic nitrogens is 2. The highest BCUT2D eigenvalue weighted by molar-refractivity contribution is 8.26. The molecule has 1 aliphatic heterocycles. The second kappa shape index (κ2) is 10.7. The van der Waals surface area contributed by atoms with Crippen molar-refractivity contribution >= 4 is 40.3 Å². The van der Waals surface area contributed by atoms with E-state index < -0.39 is 0 Å². The molecule has 1 aromatic carbocycles. The van der Waals surface area contributed by atoms with Gasteiger partial charge in [0.25, 0.3) is 5.91 Å². The third-order valence-electron chi connectivity index (χ3n) is 9.20. The summed E-state index contributed by atoms with van der Waals surface area (Å²) < 4.78 is 2.74. The van der Waals surface area contributed by atoms with Crippen molar-refractivity contribution in [2.24, 2.45) is 17.8 Å². The number of para-hydroxylation sites is 1. The Labute approximate surface area is 231 Å². The van der Waals surface area contributed by atoms with Gasteiger partial charge in [-0.3, -0.25) is 9.69 Å². The maximum absolute atomic E-state index is 13.4. The highest BCUT2D eigenvalue weighted by Gasteiger charge is 2.53. The van der Waals surface area contributed by atoms with Gasteiger partial charge in [0.2, 0.25) is 0 Å². The number of benzene rings is 1. The van der Waals surface area contributed by atoms with Gasteiger partial charge >= 0.3 is 0 Å². The van der Waals surface area contributed by atoms with Crippen LogP contribution in [0.3, 0.4) is 0 Å². The third-order valence-corrected chi connectivity index (χ3v) is 10.6. The Hall–Kier alpha value is -1.92. The van der Waals surface area contributed by atoms with Crippen molar-refractivity contribution in [3.63, 3.8) is 0 Å². The van der Waals surface area contributed by atoms with E-state index in [-0.39, 0.29) is 11.3 Å². The molecule has 4 saturated carbocycles. The monoisotopic (exact) mass is 533 g/mol. The molecule has 2 aromatic rings. The van der Waals surface area contributed by atoms with Gasteiger partial charge in [0.15, 0.2) is 0 Å². The number of nitrogens with zero attached hydrogens (tertiary/aromatic N) is 3. The van der Waals surface area contributed by atoms with E-state index >= 15 is 0 Å². The molecule has 0 radical (unpaired) electrons. The summed E-state index contributed by atoms with van der Waals surface area (Å²) in [6.45, 7) is 2.98. The zero-order chi connectivity index (χ0) is 25.4. The standard InChI is InChI=1S/C31H39N3OS2/c1-2-3-4-5-6-10-13-33-29(35)27(37-30(33)36)17-25-21-34(26-11-8-7-9-12-26)32-28(25)31-18-22-14-23(19-31)16-24(15-22)20-31/h7-9,11-12,17,21-24H,2-6,10,13-16,18-20H2,1H3. The van der Waals surface area contributed by atoms with Crippen LogP contribution in [0.15, 0.2) is 41.4 Å². The molecule has 4 nitrogen and oxygen atoms in total. The molecule has 0 spiro atoms. The van der Waals surface area contributed by atoms with E-state index in [0.717, 1.165) is 53.3 Å². The molecular weight excluding hydrogens is 494 g/mol. The molecule has 1 amide bonds. The summed E-state index contributed by atoms with van der Waals surface area (Å²) in [4.78, 5) is 16.0. The third kappa shape index (κ3) is 5.08. The molecule has 6 heteroatoms. The Morgan fingerprint density at radius 3 is 2.32 bits per heavy atom. The Morgan fingerprint density at radius 1 is 1.00 bits per heavy atom. The summed E-state index contributed by atoms with van der Waals surface area (Å²) in [5.74, 6) is 2.61. The van der Waals surface area contributed by atoms with Gasteiger partial charge in [0, 0.05) is 23.7 Å². The van der Waals surface area contributed by atoms with Gasteiger partial charge < -0.3 is 0 Å². The first-order chi connectivity index (χ1) is 18.0. The smallest absolute Gasteiger partial charge is 0.266 e. The van der Waals surface area contributed by atoms with Crippen molar-refractivity contribution in [2.75, 3.05) is 6.54 Å². The van der Waals surface area contributed by atoms with Crippen LogP contribution in [0.5, 0.6) is 0 Å². The van der Waals surface area contributed by atoms with Gasteiger partial charge in [0.1, 0.15) is 4.32 Å². The molecule has 0 unspecified atom stereocenters. The average molecular weight is 534 g/mol. The van der Waals surface area contributed by atoms with E-state index in [0.29, 0.717) is 4.32 Å². The average Bonchev–Trinajstić information content (AvgIpc) is 3.43. The fourth-order valence-electron chi connectivity index (χ4n) is 7.90. The van der Waals surface area contributed by atoms with Gasteiger partial charge in [-0.15, -0.1) is 0 Å². The Bertz CT molecular complexity index is 1150. The summed E-state index contributed by atoms with van der Waals surface area (Å²) in [5.41, 5.74) is 3.57. The summed E-state index contributed by atoms with van der Waals surface area (Å²) in [6, 6.07) is 10.4. The van der Waals surface area contributed by atoms with Crippen LogP contribution in [0.4, 0.5) is 0 Å². The summed E-state index contributed by atoms with van der Waals surface area (Å²) in [5, 5.41) is 5.27. The number of unbranched alkanes of at least 4 members (excludes halogenated alkanes) is 5. The van der Waals surface area contributed by atoms with Crippen molar-refractivity contribution in [1.29, 1.82) is 0 Å². The molecule has 0 atom stereocenters. The lowest BCUT2D eigenvalue weighted by Gasteiger charge is -2.56. The van der Waals surface area contributed by atoms with E-state index in [2.05, 4.69) is 43.5 Å². The lowest BCUT2D eigenvalue weighted by atomic mass is 9.48. The molecule has 1 saturated heterocycles. The summed E-state index contributed by atoms with van der Waals surface area (Å²) in [6.07, 6.45) is 19.5. The normalized spacial score (nSPS) is 29.7. The predicted octanol–water partition coefficient (Wildman–Crippen LogP) is 7.90. The molecule has 7 rings (SSSR count). The number of carbonyl (C=O) groups is 1. The molecule has 4 bridgehead atoms. The molecule has 2 heterocycles. The van der Waals surface area contributed by atoms with Crippen molar-refractivity contribution in [2.45, 2.75) is 89.4 Å². The van der Waals surface area contributed by atoms with Gasteiger partial charge in [-0.25, -0.2) is 4.68 Å². The number of hydrogen-bond donors (Lipinski definition) is 0. The van der Waals surface area contributed by atoms with Crippen LogP contribution in [-0.4, -0.2) is 31.5 Å². The first kappa shape index (κ1) is 25.4. The number of amides is 1. The molecule has 196 valence electrons. The topological polar surface area (TPSA) is 38.1 Å². The van der Waals surface area contributed by atoms with Gasteiger partial charge in [-0.2, -0.15) is 5.10 Å². The van der Waals surface area contributed by atoms with Crippen molar-refractivity contribution < 1.29 is 4.79 Å². The maximum Gasteiger partial charge on any atom is 0.266 e. The highest BCUT2D eigenvalue weighted by Crippen LogP contribution is 2.61. The first-order valence-electron chi connectivity index (χ1n) is 14.5. The van der Waals surface area contributed by atoms with Crippen LogP contribution in [-0.2, 0) is 10.2 Å². The van der Waals surface area contributed by atoms with Crippen molar-refractivity contribution in [1.82, 2.24) is 14.7 Å². The van der Waals surface area contributed by atoms with E-state index in [9.17, 15) is 4.79 Å². The SMILES string of the molecule is CCCCCCCCN1C(=O)C(=Cc2cn(-c3ccccc3)nc2C23CC4CC(CC(C4)C2)C3)SC1=S. The molecular formula is C31H39N3OS2. The number of thiocarbonyl (C=S) groups is 1. The lowest BCUT2D eigenvalue weighted by molar-refractivity contribution is -0.122. The Kier molecular flexibility index (Phi) is 7.32. The minimum atomic E-state index is 0.0764. The number of carbonyl (C=O) groups excluding carboxylic acids is 1. The van der Waals surface area contributed by atoms with E-state index in [4.69, 9.17) is 17.3 Å². The van der Waals surface area contributed by atoms with Crippen LogP contribution in [0, 0.1) is 17.8 Å². The van der Waals surface area contributed by atoms with Crippen LogP contribution in [0.1, 0.15) is 95.2 Å². The molecule has 5 aliphatic rings. The molecule has 1 aromatic heterocycles. The number of hydrogen-bond acceptors (Lipinski definition) is 4.